The maximum atomic E-state index is 8.49. The van der Waals surface area contributed by atoms with Crippen LogP contribution in [0.3, 0.4) is 0 Å². The van der Waals surface area contributed by atoms with Crippen LogP contribution in [-0.4, -0.2) is 16.2 Å². The Hall–Kier alpha value is 0.400. The van der Waals surface area contributed by atoms with Gasteiger partial charge in [0.2, 0.25) is 0 Å². The molecule has 1 aliphatic rings. The zero-order chi connectivity index (χ0) is 6.74. The van der Waals surface area contributed by atoms with Crippen LogP contribution in [0.1, 0.15) is 25.7 Å². The first-order valence-electron chi connectivity index (χ1n) is 3.21. The van der Waals surface area contributed by atoms with E-state index in [1.807, 2.05) is 0 Å². The molecule has 1 aliphatic carbocycles. The Morgan fingerprint density at radius 1 is 1.44 bits per heavy atom. The molecule has 0 aliphatic heterocycles. The third-order valence-corrected chi connectivity index (χ3v) is 2.97. The Kier molecular flexibility index (Phi) is 2.50. The van der Waals surface area contributed by atoms with E-state index in [1.54, 1.807) is 0 Å². The summed E-state index contributed by atoms with van der Waals surface area (Å²) in [5.41, 5.74) is -0.250. The SMILES string of the molecule is OOC1(CBr)CCCC1. The molecule has 0 unspecified atom stereocenters. The molecule has 1 N–H and O–H groups in total. The van der Waals surface area contributed by atoms with Gasteiger partial charge in [-0.15, -0.1) is 0 Å². The molecule has 0 amide bonds. The van der Waals surface area contributed by atoms with Crippen molar-refractivity contribution in [2.24, 2.45) is 0 Å². The number of alkyl halides is 1. The summed E-state index contributed by atoms with van der Waals surface area (Å²) < 4.78 is 0. The smallest absolute Gasteiger partial charge is 0.113 e. The van der Waals surface area contributed by atoms with Crippen LogP contribution in [0.25, 0.3) is 0 Å². The Morgan fingerprint density at radius 2 is 2.00 bits per heavy atom. The third kappa shape index (κ3) is 1.45. The molecule has 0 aromatic carbocycles. The Balaban J connectivity index is 2.45. The molecule has 2 nitrogen and oxygen atoms in total. The van der Waals surface area contributed by atoms with Crippen molar-refractivity contribution in [2.75, 3.05) is 5.33 Å². The van der Waals surface area contributed by atoms with Crippen molar-refractivity contribution in [2.45, 2.75) is 31.3 Å². The summed E-state index contributed by atoms with van der Waals surface area (Å²) in [6.45, 7) is 0. The van der Waals surface area contributed by atoms with E-state index in [2.05, 4.69) is 20.8 Å². The molecule has 0 saturated heterocycles. The lowest BCUT2D eigenvalue weighted by molar-refractivity contribution is -0.313. The second-order valence-electron chi connectivity index (χ2n) is 2.62. The molecule has 9 heavy (non-hydrogen) atoms. The maximum Gasteiger partial charge on any atom is 0.113 e. The number of halogens is 1. The summed E-state index contributed by atoms with van der Waals surface area (Å²) in [5, 5.41) is 9.23. The van der Waals surface area contributed by atoms with Gasteiger partial charge >= 0.3 is 0 Å². The van der Waals surface area contributed by atoms with Gasteiger partial charge in [-0.1, -0.05) is 28.8 Å². The zero-order valence-electron chi connectivity index (χ0n) is 5.27. The van der Waals surface area contributed by atoms with Crippen LogP contribution in [-0.2, 0) is 4.89 Å². The topological polar surface area (TPSA) is 29.5 Å². The predicted octanol–water partition coefficient (Wildman–Crippen LogP) is 2.18. The van der Waals surface area contributed by atoms with Gasteiger partial charge in [-0.2, -0.15) is 0 Å². The lowest BCUT2D eigenvalue weighted by atomic mass is 10.1. The van der Waals surface area contributed by atoms with Crippen LogP contribution in [0.4, 0.5) is 0 Å². The second kappa shape index (κ2) is 2.99. The third-order valence-electron chi connectivity index (χ3n) is 1.95. The quantitative estimate of drug-likeness (QED) is 0.415. The van der Waals surface area contributed by atoms with Gasteiger partial charge in [0.1, 0.15) is 5.60 Å². The van der Waals surface area contributed by atoms with E-state index in [1.165, 1.54) is 12.8 Å². The van der Waals surface area contributed by atoms with Crippen molar-refractivity contribution < 1.29 is 10.1 Å². The molecule has 0 radical (unpaired) electrons. The van der Waals surface area contributed by atoms with Gasteiger partial charge in [-0.05, 0) is 12.8 Å². The summed E-state index contributed by atoms with van der Waals surface area (Å²) in [4.78, 5) is 4.40. The number of hydrogen-bond donors (Lipinski definition) is 1. The van der Waals surface area contributed by atoms with Crippen molar-refractivity contribution in [3.8, 4) is 0 Å². The highest BCUT2D eigenvalue weighted by Crippen LogP contribution is 2.33. The monoisotopic (exact) mass is 194 g/mol. The average Bonchev–Trinajstić information content (AvgIpc) is 2.36. The molecule has 1 saturated carbocycles. The molecule has 0 aromatic heterocycles. The molecule has 0 spiro atoms. The Morgan fingerprint density at radius 3 is 2.22 bits per heavy atom. The number of rotatable bonds is 2. The highest BCUT2D eigenvalue weighted by Gasteiger charge is 2.34. The van der Waals surface area contributed by atoms with E-state index in [0.717, 1.165) is 18.2 Å². The molecule has 0 aromatic rings. The first kappa shape index (κ1) is 7.51. The fraction of sp³-hybridized carbons (Fsp3) is 1.00. The Bertz CT molecular complexity index is 83.1. The zero-order valence-corrected chi connectivity index (χ0v) is 6.85. The average molecular weight is 195 g/mol. The van der Waals surface area contributed by atoms with E-state index in [4.69, 9.17) is 5.26 Å². The van der Waals surface area contributed by atoms with E-state index in [9.17, 15) is 0 Å². The molecule has 3 heteroatoms. The van der Waals surface area contributed by atoms with Crippen molar-refractivity contribution in [1.29, 1.82) is 0 Å². The van der Waals surface area contributed by atoms with Gasteiger partial charge in [0.15, 0.2) is 0 Å². The lowest BCUT2D eigenvalue weighted by Gasteiger charge is -2.20. The standard InChI is InChI=1S/C6H11BrO2/c7-5-6(9-8)3-1-2-4-6/h8H,1-5H2. The Labute approximate surface area is 63.3 Å². The second-order valence-corrected chi connectivity index (χ2v) is 3.18. The van der Waals surface area contributed by atoms with Crippen LogP contribution >= 0.6 is 15.9 Å². The minimum absolute atomic E-state index is 0.250. The van der Waals surface area contributed by atoms with E-state index in [-0.39, 0.29) is 5.60 Å². The van der Waals surface area contributed by atoms with Crippen LogP contribution in [0, 0.1) is 0 Å². The lowest BCUT2D eigenvalue weighted by Crippen LogP contribution is -2.29. The summed E-state index contributed by atoms with van der Waals surface area (Å²) in [6.07, 6.45) is 4.31. The molecule has 0 bridgehead atoms. The molecule has 1 rings (SSSR count). The summed E-state index contributed by atoms with van der Waals surface area (Å²) >= 11 is 3.31. The van der Waals surface area contributed by atoms with Crippen LogP contribution in [0.15, 0.2) is 0 Å². The van der Waals surface area contributed by atoms with E-state index < -0.39 is 0 Å². The van der Waals surface area contributed by atoms with Crippen LogP contribution < -0.4 is 0 Å². The summed E-state index contributed by atoms with van der Waals surface area (Å²) in [5.74, 6) is 0. The first-order valence-corrected chi connectivity index (χ1v) is 4.34. The van der Waals surface area contributed by atoms with Gasteiger partial charge in [0.05, 0.1) is 0 Å². The van der Waals surface area contributed by atoms with Gasteiger partial charge in [-0.3, -0.25) is 5.26 Å². The normalized spacial score (nSPS) is 24.7. The molecule has 1 fully saturated rings. The maximum absolute atomic E-state index is 8.49. The van der Waals surface area contributed by atoms with E-state index >= 15 is 0 Å². The first-order chi connectivity index (χ1) is 4.33. The summed E-state index contributed by atoms with van der Waals surface area (Å²) in [7, 11) is 0. The minimum atomic E-state index is -0.250. The van der Waals surface area contributed by atoms with E-state index in [0.29, 0.717) is 0 Å². The summed E-state index contributed by atoms with van der Waals surface area (Å²) in [6, 6.07) is 0. The number of hydrogen-bond acceptors (Lipinski definition) is 2. The van der Waals surface area contributed by atoms with Crippen molar-refractivity contribution >= 4 is 15.9 Å². The highest BCUT2D eigenvalue weighted by atomic mass is 79.9. The molecule has 0 heterocycles. The van der Waals surface area contributed by atoms with Crippen LogP contribution in [0.2, 0.25) is 0 Å². The van der Waals surface area contributed by atoms with Crippen molar-refractivity contribution in [1.82, 2.24) is 0 Å². The van der Waals surface area contributed by atoms with Crippen LogP contribution in [0.5, 0.6) is 0 Å². The van der Waals surface area contributed by atoms with Crippen molar-refractivity contribution in [3.05, 3.63) is 0 Å². The predicted molar refractivity (Wildman–Crippen MR) is 38.7 cm³/mol. The minimum Gasteiger partial charge on any atom is -0.251 e. The van der Waals surface area contributed by atoms with Gasteiger partial charge in [0.25, 0.3) is 0 Å². The fourth-order valence-corrected chi connectivity index (χ4v) is 1.93. The van der Waals surface area contributed by atoms with Gasteiger partial charge < -0.3 is 0 Å². The highest BCUT2D eigenvalue weighted by molar-refractivity contribution is 9.09. The molecular formula is C6H11BrO2. The molecule has 54 valence electrons. The van der Waals surface area contributed by atoms with Crippen molar-refractivity contribution in [3.63, 3.8) is 0 Å². The van der Waals surface area contributed by atoms with Gasteiger partial charge in [-0.25, -0.2) is 4.89 Å². The fourth-order valence-electron chi connectivity index (χ4n) is 1.27. The largest absolute Gasteiger partial charge is 0.251 e. The molecule has 0 atom stereocenters. The molecular weight excluding hydrogens is 184 g/mol. The van der Waals surface area contributed by atoms with Gasteiger partial charge in [0, 0.05) is 5.33 Å².